The van der Waals surface area contributed by atoms with E-state index in [2.05, 4.69) is 32.6 Å². The van der Waals surface area contributed by atoms with Crippen molar-refractivity contribution >= 4 is 0 Å². The number of hydrogen-bond donors (Lipinski definition) is 1. The minimum Gasteiger partial charge on any atom is -0.383 e. The second-order valence-corrected chi connectivity index (χ2v) is 6.13. The van der Waals surface area contributed by atoms with E-state index < -0.39 is 0 Å². The van der Waals surface area contributed by atoms with Crippen LogP contribution in [0.4, 0.5) is 0 Å². The molecule has 0 amide bonds. The van der Waals surface area contributed by atoms with E-state index in [0.717, 1.165) is 19.2 Å². The van der Waals surface area contributed by atoms with Crippen LogP contribution in [-0.4, -0.2) is 43.3 Å². The number of ether oxygens (including phenoxy) is 1. The van der Waals surface area contributed by atoms with E-state index in [4.69, 9.17) is 10.5 Å². The van der Waals surface area contributed by atoms with Crippen molar-refractivity contribution in [3.05, 3.63) is 0 Å². The van der Waals surface area contributed by atoms with E-state index >= 15 is 0 Å². The SMILES string of the molecule is COCCN(C1CC1)C(C(C)N)C(C)(C)C. The highest BCUT2D eigenvalue weighted by Crippen LogP contribution is 2.35. The Hall–Kier alpha value is -0.120. The van der Waals surface area contributed by atoms with Gasteiger partial charge in [-0.1, -0.05) is 20.8 Å². The number of nitrogens with zero attached hydrogens (tertiary/aromatic N) is 1. The molecule has 0 aromatic carbocycles. The van der Waals surface area contributed by atoms with Gasteiger partial charge < -0.3 is 10.5 Å². The van der Waals surface area contributed by atoms with Crippen LogP contribution in [0.3, 0.4) is 0 Å². The average Bonchev–Trinajstić information content (AvgIpc) is 2.91. The van der Waals surface area contributed by atoms with Crippen LogP contribution in [0, 0.1) is 5.41 Å². The molecular weight excluding hydrogens is 200 g/mol. The van der Waals surface area contributed by atoms with Crippen LogP contribution in [0.2, 0.25) is 0 Å². The van der Waals surface area contributed by atoms with E-state index in [-0.39, 0.29) is 11.5 Å². The Balaban J connectivity index is 2.71. The van der Waals surface area contributed by atoms with E-state index in [1.165, 1.54) is 12.8 Å². The number of rotatable bonds is 6. The maximum Gasteiger partial charge on any atom is 0.0589 e. The molecule has 0 aromatic rings. The van der Waals surface area contributed by atoms with Gasteiger partial charge in [-0.3, -0.25) is 4.90 Å². The second kappa shape index (κ2) is 5.48. The lowest BCUT2D eigenvalue weighted by Gasteiger charge is -2.43. The topological polar surface area (TPSA) is 38.5 Å². The van der Waals surface area contributed by atoms with Gasteiger partial charge in [0, 0.05) is 31.8 Å². The molecule has 0 heterocycles. The number of methoxy groups -OCH3 is 1. The van der Waals surface area contributed by atoms with Gasteiger partial charge in [-0.05, 0) is 25.2 Å². The van der Waals surface area contributed by atoms with E-state index in [0.29, 0.717) is 6.04 Å². The number of hydrogen-bond acceptors (Lipinski definition) is 3. The predicted molar refractivity (Wildman–Crippen MR) is 68.5 cm³/mol. The lowest BCUT2D eigenvalue weighted by molar-refractivity contribution is 0.0489. The van der Waals surface area contributed by atoms with Crippen LogP contribution in [-0.2, 0) is 4.74 Å². The molecule has 0 spiro atoms. The maximum absolute atomic E-state index is 6.18. The average molecular weight is 228 g/mol. The molecular formula is C13H28N2O. The molecule has 1 aliphatic rings. The van der Waals surface area contributed by atoms with E-state index in [1.807, 2.05) is 0 Å². The summed E-state index contributed by atoms with van der Waals surface area (Å²) in [6.07, 6.45) is 2.64. The highest BCUT2D eigenvalue weighted by atomic mass is 16.5. The molecule has 2 N–H and O–H groups in total. The molecule has 1 aliphatic carbocycles. The third-order valence-corrected chi connectivity index (χ3v) is 3.31. The van der Waals surface area contributed by atoms with Gasteiger partial charge in [0.15, 0.2) is 0 Å². The summed E-state index contributed by atoms with van der Waals surface area (Å²) in [4.78, 5) is 2.56. The Morgan fingerprint density at radius 1 is 1.38 bits per heavy atom. The van der Waals surface area contributed by atoms with Crippen molar-refractivity contribution in [1.82, 2.24) is 4.90 Å². The Morgan fingerprint density at radius 2 is 1.94 bits per heavy atom. The van der Waals surface area contributed by atoms with E-state index in [9.17, 15) is 0 Å². The van der Waals surface area contributed by atoms with Gasteiger partial charge in [0.05, 0.1) is 6.61 Å². The standard InChI is InChI=1S/C13H28N2O/c1-10(14)12(13(2,3)4)15(8-9-16-5)11-6-7-11/h10-12H,6-9,14H2,1-5H3. The summed E-state index contributed by atoms with van der Waals surface area (Å²) in [5.74, 6) is 0. The van der Waals surface area contributed by atoms with Crippen LogP contribution in [0.25, 0.3) is 0 Å². The highest BCUT2D eigenvalue weighted by molar-refractivity contribution is 4.96. The Labute approximate surface area is 100 Å². The summed E-state index contributed by atoms with van der Waals surface area (Å²) < 4.78 is 5.21. The van der Waals surface area contributed by atoms with Gasteiger partial charge in [0.1, 0.15) is 0 Å². The molecule has 0 radical (unpaired) electrons. The summed E-state index contributed by atoms with van der Waals surface area (Å²) in [5, 5.41) is 0. The zero-order chi connectivity index (χ0) is 12.3. The molecule has 0 bridgehead atoms. The van der Waals surface area contributed by atoms with Gasteiger partial charge >= 0.3 is 0 Å². The van der Waals surface area contributed by atoms with Crippen molar-refractivity contribution in [3.8, 4) is 0 Å². The van der Waals surface area contributed by atoms with Gasteiger partial charge in [-0.25, -0.2) is 0 Å². The molecule has 3 heteroatoms. The van der Waals surface area contributed by atoms with Crippen molar-refractivity contribution in [2.24, 2.45) is 11.1 Å². The van der Waals surface area contributed by atoms with E-state index in [1.54, 1.807) is 7.11 Å². The first-order valence-corrected chi connectivity index (χ1v) is 6.38. The lowest BCUT2D eigenvalue weighted by atomic mass is 9.81. The maximum atomic E-state index is 6.18. The first-order chi connectivity index (χ1) is 7.38. The summed E-state index contributed by atoms with van der Waals surface area (Å²) in [7, 11) is 1.77. The predicted octanol–water partition coefficient (Wildman–Crippen LogP) is 1.86. The molecule has 16 heavy (non-hydrogen) atoms. The Kier molecular flexibility index (Phi) is 4.77. The van der Waals surface area contributed by atoms with Crippen molar-refractivity contribution < 1.29 is 4.74 Å². The third kappa shape index (κ3) is 3.72. The fourth-order valence-corrected chi connectivity index (χ4v) is 2.74. The van der Waals surface area contributed by atoms with Crippen LogP contribution >= 0.6 is 0 Å². The quantitative estimate of drug-likeness (QED) is 0.754. The zero-order valence-corrected chi connectivity index (χ0v) is 11.5. The molecule has 0 aromatic heterocycles. The summed E-state index contributed by atoms with van der Waals surface area (Å²) >= 11 is 0. The van der Waals surface area contributed by atoms with Gasteiger partial charge in [0.25, 0.3) is 0 Å². The van der Waals surface area contributed by atoms with Crippen LogP contribution in [0.15, 0.2) is 0 Å². The molecule has 1 saturated carbocycles. The molecule has 3 nitrogen and oxygen atoms in total. The fraction of sp³-hybridized carbons (Fsp3) is 1.00. The first-order valence-electron chi connectivity index (χ1n) is 6.38. The second-order valence-electron chi connectivity index (χ2n) is 6.13. The molecule has 0 aliphatic heterocycles. The first kappa shape index (κ1) is 13.9. The third-order valence-electron chi connectivity index (χ3n) is 3.31. The molecule has 1 rings (SSSR count). The van der Waals surface area contributed by atoms with Gasteiger partial charge in [-0.15, -0.1) is 0 Å². The van der Waals surface area contributed by atoms with Crippen molar-refractivity contribution in [3.63, 3.8) is 0 Å². The summed E-state index contributed by atoms with van der Waals surface area (Å²) in [6.45, 7) is 10.8. The van der Waals surface area contributed by atoms with Crippen molar-refractivity contribution in [2.45, 2.75) is 58.7 Å². The molecule has 96 valence electrons. The highest BCUT2D eigenvalue weighted by Gasteiger charge is 2.40. The van der Waals surface area contributed by atoms with Gasteiger partial charge in [-0.2, -0.15) is 0 Å². The summed E-state index contributed by atoms with van der Waals surface area (Å²) in [5.41, 5.74) is 6.41. The number of nitrogens with two attached hydrogens (primary N) is 1. The van der Waals surface area contributed by atoms with Crippen molar-refractivity contribution in [1.29, 1.82) is 0 Å². The van der Waals surface area contributed by atoms with Crippen LogP contribution < -0.4 is 5.73 Å². The van der Waals surface area contributed by atoms with Crippen LogP contribution in [0.5, 0.6) is 0 Å². The minimum atomic E-state index is 0.206. The lowest BCUT2D eigenvalue weighted by Crippen LogP contribution is -2.55. The molecule has 0 saturated heterocycles. The van der Waals surface area contributed by atoms with Gasteiger partial charge in [0.2, 0.25) is 0 Å². The summed E-state index contributed by atoms with van der Waals surface area (Å²) in [6, 6.07) is 1.39. The monoisotopic (exact) mass is 228 g/mol. The van der Waals surface area contributed by atoms with Crippen molar-refractivity contribution in [2.75, 3.05) is 20.3 Å². The van der Waals surface area contributed by atoms with Crippen LogP contribution in [0.1, 0.15) is 40.5 Å². The molecule has 2 atom stereocenters. The molecule has 1 fully saturated rings. The minimum absolute atomic E-state index is 0.206. The Bertz CT molecular complexity index is 206. The molecule has 2 unspecified atom stereocenters. The smallest absolute Gasteiger partial charge is 0.0589 e. The fourth-order valence-electron chi connectivity index (χ4n) is 2.74. The zero-order valence-electron chi connectivity index (χ0n) is 11.5. The largest absolute Gasteiger partial charge is 0.383 e. The normalized spacial score (nSPS) is 21.2. The Morgan fingerprint density at radius 3 is 2.25 bits per heavy atom.